The predicted molar refractivity (Wildman–Crippen MR) is 60.1 cm³/mol. The van der Waals surface area contributed by atoms with Gasteiger partial charge < -0.3 is 14.2 Å². The van der Waals surface area contributed by atoms with Crippen LogP contribution in [0, 0.1) is 6.92 Å². The second-order valence-electron chi connectivity index (χ2n) is 3.42. The first-order valence-corrected chi connectivity index (χ1v) is 5.59. The maximum atomic E-state index is 5.47. The number of hydrogen-bond acceptors (Lipinski definition) is 3. The van der Waals surface area contributed by atoms with Gasteiger partial charge in [-0.3, -0.25) is 0 Å². The summed E-state index contributed by atoms with van der Waals surface area (Å²) in [7, 11) is 1.66. The molecular weight excluding hydrogens is 260 g/mol. The molecule has 1 aromatic rings. The van der Waals surface area contributed by atoms with E-state index in [0.717, 1.165) is 21.3 Å². The Morgan fingerprint density at radius 3 is 2.60 bits per heavy atom. The first-order valence-electron chi connectivity index (χ1n) is 4.79. The minimum atomic E-state index is -0.270. The first kappa shape index (κ1) is 10.9. The highest BCUT2D eigenvalue weighted by Crippen LogP contribution is 2.34. The number of methoxy groups -OCH3 is 1. The normalized spacial score (nSPS) is 17.0. The minimum Gasteiger partial charge on any atom is -0.497 e. The van der Waals surface area contributed by atoms with Gasteiger partial charge in [0.1, 0.15) is 5.75 Å². The summed E-state index contributed by atoms with van der Waals surface area (Å²) >= 11 is 3.54. The van der Waals surface area contributed by atoms with Crippen LogP contribution in [0.4, 0.5) is 0 Å². The standard InChI is InChI=1S/C11H13BrO3/c1-7-5-8(13-2)6-9(10(7)12)11-14-3-4-15-11/h5-6,11H,3-4H2,1-2H3. The van der Waals surface area contributed by atoms with E-state index in [1.165, 1.54) is 0 Å². The van der Waals surface area contributed by atoms with E-state index in [4.69, 9.17) is 14.2 Å². The highest BCUT2D eigenvalue weighted by molar-refractivity contribution is 9.10. The molecule has 0 aliphatic carbocycles. The van der Waals surface area contributed by atoms with Crippen LogP contribution in [0.1, 0.15) is 17.4 Å². The number of hydrogen-bond donors (Lipinski definition) is 0. The number of aryl methyl sites for hydroxylation is 1. The molecule has 4 heteroatoms. The molecule has 1 aliphatic heterocycles. The average Bonchev–Trinajstić information content (AvgIpc) is 2.75. The van der Waals surface area contributed by atoms with E-state index in [2.05, 4.69) is 15.9 Å². The van der Waals surface area contributed by atoms with Crippen LogP contribution < -0.4 is 4.74 Å². The second-order valence-corrected chi connectivity index (χ2v) is 4.21. The highest BCUT2D eigenvalue weighted by Gasteiger charge is 2.22. The Morgan fingerprint density at radius 1 is 1.33 bits per heavy atom. The van der Waals surface area contributed by atoms with Gasteiger partial charge in [0.15, 0.2) is 6.29 Å². The molecule has 0 unspecified atom stereocenters. The maximum Gasteiger partial charge on any atom is 0.185 e. The van der Waals surface area contributed by atoms with Crippen molar-refractivity contribution in [1.82, 2.24) is 0 Å². The van der Waals surface area contributed by atoms with Gasteiger partial charge in [-0.15, -0.1) is 0 Å². The van der Waals surface area contributed by atoms with Crippen LogP contribution in [0.5, 0.6) is 5.75 Å². The summed E-state index contributed by atoms with van der Waals surface area (Å²) in [6, 6.07) is 3.91. The van der Waals surface area contributed by atoms with Gasteiger partial charge in [0, 0.05) is 10.0 Å². The lowest BCUT2D eigenvalue weighted by Crippen LogP contribution is -2.01. The van der Waals surface area contributed by atoms with E-state index in [1.54, 1.807) is 7.11 Å². The molecule has 0 saturated carbocycles. The molecule has 0 N–H and O–H groups in total. The SMILES string of the molecule is COc1cc(C)c(Br)c(C2OCCO2)c1. The third-order valence-electron chi connectivity index (χ3n) is 2.37. The number of halogens is 1. The zero-order valence-electron chi connectivity index (χ0n) is 8.75. The Kier molecular flexibility index (Phi) is 3.29. The Balaban J connectivity index is 2.39. The Bertz CT molecular complexity index is 359. The fraction of sp³-hybridized carbons (Fsp3) is 0.455. The number of ether oxygens (including phenoxy) is 3. The molecule has 0 spiro atoms. The molecule has 15 heavy (non-hydrogen) atoms. The van der Waals surface area contributed by atoms with Crippen molar-refractivity contribution < 1.29 is 14.2 Å². The molecule has 0 radical (unpaired) electrons. The minimum absolute atomic E-state index is 0.270. The van der Waals surface area contributed by atoms with Crippen LogP contribution in [0.3, 0.4) is 0 Å². The lowest BCUT2D eigenvalue weighted by molar-refractivity contribution is -0.0447. The molecular formula is C11H13BrO3. The molecule has 0 aromatic heterocycles. The van der Waals surface area contributed by atoms with E-state index in [-0.39, 0.29) is 6.29 Å². The van der Waals surface area contributed by atoms with Crippen molar-refractivity contribution in [2.45, 2.75) is 13.2 Å². The Hall–Kier alpha value is -0.580. The van der Waals surface area contributed by atoms with E-state index in [0.29, 0.717) is 13.2 Å². The van der Waals surface area contributed by atoms with Crippen molar-refractivity contribution >= 4 is 15.9 Å². The van der Waals surface area contributed by atoms with Gasteiger partial charge >= 0.3 is 0 Å². The monoisotopic (exact) mass is 272 g/mol. The lowest BCUT2D eigenvalue weighted by atomic mass is 10.1. The van der Waals surface area contributed by atoms with Gasteiger partial charge in [-0.2, -0.15) is 0 Å². The van der Waals surface area contributed by atoms with Crippen molar-refractivity contribution in [1.29, 1.82) is 0 Å². The first-order chi connectivity index (χ1) is 7.22. The smallest absolute Gasteiger partial charge is 0.185 e. The molecule has 3 nitrogen and oxygen atoms in total. The Labute approximate surface area is 97.5 Å². The molecule has 0 atom stereocenters. The van der Waals surface area contributed by atoms with Gasteiger partial charge in [-0.25, -0.2) is 0 Å². The summed E-state index contributed by atoms with van der Waals surface area (Å²) in [5.41, 5.74) is 2.10. The van der Waals surface area contributed by atoms with Crippen LogP contribution in [0.25, 0.3) is 0 Å². The van der Waals surface area contributed by atoms with Crippen LogP contribution in [0.15, 0.2) is 16.6 Å². The molecule has 1 aliphatic rings. The van der Waals surface area contributed by atoms with Crippen LogP contribution in [-0.2, 0) is 9.47 Å². The largest absolute Gasteiger partial charge is 0.497 e. The van der Waals surface area contributed by atoms with Gasteiger partial charge in [0.2, 0.25) is 0 Å². The predicted octanol–water partition coefficient (Wildman–Crippen LogP) is 2.81. The maximum absolute atomic E-state index is 5.47. The fourth-order valence-electron chi connectivity index (χ4n) is 1.59. The third kappa shape index (κ3) is 2.17. The highest BCUT2D eigenvalue weighted by atomic mass is 79.9. The number of benzene rings is 1. The molecule has 1 saturated heterocycles. The topological polar surface area (TPSA) is 27.7 Å². The van der Waals surface area contributed by atoms with Gasteiger partial charge in [0.25, 0.3) is 0 Å². The molecule has 1 heterocycles. The van der Waals surface area contributed by atoms with Gasteiger partial charge in [-0.1, -0.05) is 15.9 Å². The second kappa shape index (κ2) is 4.51. The fourth-order valence-corrected chi connectivity index (χ4v) is 2.01. The quantitative estimate of drug-likeness (QED) is 0.829. The molecule has 82 valence electrons. The van der Waals surface area contributed by atoms with E-state index < -0.39 is 0 Å². The van der Waals surface area contributed by atoms with E-state index in [1.807, 2.05) is 19.1 Å². The van der Waals surface area contributed by atoms with Crippen molar-refractivity contribution in [2.24, 2.45) is 0 Å². The summed E-state index contributed by atoms with van der Waals surface area (Å²) < 4.78 is 17.2. The van der Waals surface area contributed by atoms with Crippen LogP contribution in [0.2, 0.25) is 0 Å². The molecule has 1 aromatic carbocycles. The molecule has 2 rings (SSSR count). The third-order valence-corrected chi connectivity index (χ3v) is 3.45. The van der Waals surface area contributed by atoms with Crippen LogP contribution in [-0.4, -0.2) is 20.3 Å². The summed E-state index contributed by atoms with van der Waals surface area (Å²) in [5, 5.41) is 0. The Morgan fingerprint density at radius 2 is 2.00 bits per heavy atom. The number of rotatable bonds is 2. The summed E-state index contributed by atoms with van der Waals surface area (Å²) in [4.78, 5) is 0. The zero-order valence-corrected chi connectivity index (χ0v) is 10.3. The van der Waals surface area contributed by atoms with Crippen molar-refractivity contribution in [3.8, 4) is 5.75 Å². The van der Waals surface area contributed by atoms with Crippen molar-refractivity contribution in [3.05, 3.63) is 27.7 Å². The average molecular weight is 273 g/mol. The summed E-state index contributed by atoms with van der Waals surface area (Å²) in [5.74, 6) is 0.824. The van der Waals surface area contributed by atoms with Crippen molar-refractivity contribution in [3.63, 3.8) is 0 Å². The molecule has 0 amide bonds. The summed E-state index contributed by atoms with van der Waals surface area (Å²) in [6.07, 6.45) is -0.270. The van der Waals surface area contributed by atoms with Crippen molar-refractivity contribution in [2.75, 3.05) is 20.3 Å². The lowest BCUT2D eigenvalue weighted by Gasteiger charge is -2.14. The van der Waals surface area contributed by atoms with E-state index in [9.17, 15) is 0 Å². The van der Waals surface area contributed by atoms with E-state index >= 15 is 0 Å². The zero-order chi connectivity index (χ0) is 10.8. The van der Waals surface area contributed by atoms with Gasteiger partial charge in [0.05, 0.1) is 20.3 Å². The molecule has 1 fully saturated rings. The van der Waals surface area contributed by atoms with Gasteiger partial charge in [-0.05, 0) is 24.6 Å². The molecule has 0 bridgehead atoms. The summed E-state index contributed by atoms with van der Waals surface area (Å²) in [6.45, 7) is 3.31. The van der Waals surface area contributed by atoms with Crippen LogP contribution >= 0.6 is 15.9 Å².